The Morgan fingerprint density at radius 3 is 2.88 bits per heavy atom. The van der Waals surface area contributed by atoms with Crippen LogP contribution in [0.25, 0.3) is 11.0 Å². The van der Waals surface area contributed by atoms with Gasteiger partial charge in [0.15, 0.2) is 11.4 Å². The number of fused-ring (bicyclic) bond motifs is 1. The van der Waals surface area contributed by atoms with Crippen LogP contribution in [-0.4, -0.2) is 6.04 Å². The molecule has 0 saturated heterocycles. The minimum atomic E-state index is -0.907. The van der Waals surface area contributed by atoms with E-state index in [1.165, 1.54) is 19.1 Å². The summed E-state index contributed by atoms with van der Waals surface area (Å²) >= 11 is 0. The van der Waals surface area contributed by atoms with Crippen LogP contribution in [0, 0.1) is 11.6 Å². The van der Waals surface area contributed by atoms with Crippen LogP contribution in [0.5, 0.6) is 0 Å². The molecule has 0 unspecified atom stereocenters. The van der Waals surface area contributed by atoms with Crippen LogP contribution in [0.3, 0.4) is 0 Å². The van der Waals surface area contributed by atoms with E-state index in [-0.39, 0.29) is 5.58 Å². The van der Waals surface area contributed by atoms with Gasteiger partial charge in [-0.15, -0.1) is 0 Å². The van der Waals surface area contributed by atoms with E-state index in [1.54, 1.807) is 6.07 Å². The van der Waals surface area contributed by atoms with E-state index < -0.39 is 11.6 Å². The first kappa shape index (κ1) is 9.78. The fraction of sp³-hybridized carbons (Fsp3) is 0.333. The summed E-state index contributed by atoms with van der Waals surface area (Å²) in [5.74, 6) is -1.78. The highest BCUT2D eigenvalue weighted by molar-refractivity contribution is 5.81. The lowest BCUT2D eigenvalue weighted by atomic mass is 10.1. The lowest BCUT2D eigenvalue weighted by molar-refractivity contribution is 0.491. The lowest BCUT2D eigenvalue weighted by Crippen LogP contribution is -2.14. The van der Waals surface area contributed by atoms with Crippen molar-refractivity contribution in [1.82, 2.24) is 5.32 Å². The summed E-state index contributed by atoms with van der Waals surface area (Å²) in [7, 11) is 0. The first-order valence-corrected chi connectivity index (χ1v) is 5.33. The number of benzene rings is 1. The van der Waals surface area contributed by atoms with Crippen LogP contribution >= 0.6 is 0 Å². The summed E-state index contributed by atoms with van der Waals surface area (Å²) in [5.41, 5.74) is 0.883. The van der Waals surface area contributed by atoms with Gasteiger partial charge in [0, 0.05) is 23.5 Å². The molecule has 0 aliphatic heterocycles. The van der Waals surface area contributed by atoms with Crippen LogP contribution in [-0.2, 0) is 6.54 Å². The van der Waals surface area contributed by atoms with Gasteiger partial charge in [-0.3, -0.25) is 0 Å². The summed E-state index contributed by atoms with van der Waals surface area (Å²) in [6.45, 7) is 0.642. The molecule has 0 atom stereocenters. The van der Waals surface area contributed by atoms with Crippen molar-refractivity contribution in [3.05, 3.63) is 35.6 Å². The number of rotatable bonds is 3. The van der Waals surface area contributed by atoms with Gasteiger partial charge in [-0.1, -0.05) is 0 Å². The van der Waals surface area contributed by atoms with E-state index in [1.807, 2.05) is 0 Å². The number of furan rings is 1. The fourth-order valence-corrected chi connectivity index (χ4v) is 1.77. The smallest absolute Gasteiger partial charge is 0.201 e. The van der Waals surface area contributed by atoms with Crippen molar-refractivity contribution in [3.8, 4) is 0 Å². The minimum absolute atomic E-state index is 0.00703. The van der Waals surface area contributed by atoms with Crippen LogP contribution in [0.2, 0.25) is 0 Å². The number of hydrogen-bond acceptors (Lipinski definition) is 2. The van der Waals surface area contributed by atoms with E-state index in [0.717, 1.165) is 11.6 Å². The highest BCUT2D eigenvalue weighted by Crippen LogP contribution is 2.26. The predicted octanol–water partition coefficient (Wildman–Crippen LogP) is 2.96. The summed E-state index contributed by atoms with van der Waals surface area (Å²) < 4.78 is 31.3. The molecule has 1 fully saturated rings. The molecule has 1 aliphatic rings. The van der Waals surface area contributed by atoms with Crippen molar-refractivity contribution in [2.45, 2.75) is 25.4 Å². The number of hydrogen-bond donors (Lipinski definition) is 1. The van der Waals surface area contributed by atoms with Crippen LogP contribution in [0.4, 0.5) is 8.78 Å². The van der Waals surface area contributed by atoms with Crippen molar-refractivity contribution >= 4 is 11.0 Å². The van der Waals surface area contributed by atoms with Crippen molar-refractivity contribution in [3.63, 3.8) is 0 Å². The fourth-order valence-electron chi connectivity index (χ4n) is 1.77. The highest BCUT2D eigenvalue weighted by Gasteiger charge is 2.21. The monoisotopic (exact) mass is 223 g/mol. The molecule has 16 heavy (non-hydrogen) atoms. The van der Waals surface area contributed by atoms with Gasteiger partial charge in [0.1, 0.15) is 0 Å². The third-order valence-corrected chi connectivity index (χ3v) is 2.87. The second-order valence-electron chi connectivity index (χ2n) is 4.15. The van der Waals surface area contributed by atoms with Gasteiger partial charge in [0.25, 0.3) is 0 Å². The van der Waals surface area contributed by atoms with Crippen molar-refractivity contribution in [2.75, 3.05) is 0 Å². The zero-order chi connectivity index (χ0) is 11.1. The average Bonchev–Trinajstić information content (AvgIpc) is 3.01. The standard InChI is InChI=1S/C12H11F2NO/c13-10-4-3-9-7(5-15-8-1-2-8)6-16-12(9)11(10)14/h3-4,6,8,15H,1-2,5H2. The van der Waals surface area contributed by atoms with Gasteiger partial charge >= 0.3 is 0 Å². The summed E-state index contributed by atoms with van der Waals surface area (Å²) in [5, 5.41) is 3.95. The molecule has 0 bridgehead atoms. The second kappa shape index (κ2) is 3.56. The third kappa shape index (κ3) is 1.59. The Hall–Kier alpha value is -1.42. The molecule has 1 N–H and O–H groups in total. The first-order chi connectivity index (χ1) is 7.75. The molecule has 0 radical (unpaired) electrons. The topological polar surface area (TPSA) is 25.2 Å². The molecule has 0 spiro atoms. The van der Waals surface area contributed by atoms with Gasteiger partial charge in [0.2, 0.25) is 5.82 Å². The Kier molecular flexibility index (Phi) is 2.17. The van der Waals surface area contributed by atoms with Crippen molar-refractivity contribution in [2.24, 2.45) is 0 Å². The average molecular weight is 223 g/mol. The quantitative estimate of drug-likeness (QED) is 0.865. The largest absolute Gasteiger partial charge is 0.461 e. The maximum Gasteiger partial charge on any atom is 0.201 e. The lowest BCUT2D eigenvalue weighted by Gasteiger charge is -2.00. The molecule has 4 heteroatoms. The molecule has 2 nitrogen and oxygen atoms in total. The van der Waals surface area contributed by atoms with Gasteiger partial charge in [-0.05, 0) is 25.0 Å². The summed E-state index contributed by atoms with van der Waals surface area (Å²) in [4.78, 5) is 0. The zero-order valence-electron chi connectivity index (χ0n) is 8.59. The molecule has 3 rings (SSSR count). The Labute approximate surface area is 91.2 Å². The Balaban J connectivity index is 1.96. The molecule has 1 saturated carbocycles. The Morgan fingerprint density at radius 1 is 1.31 bits per heavy atom. The molecular weight excluding hydrogens is 212 g/mol. The molecule has 84 valence electrons. The van der Waals surface area contributed by atoms with E-state index in [2.05, 4.69) is 5.32 Å². The van der Waals surface area contributed by atoms with Gasteiger partial charge < -0.3 is 9.73 Å². The molecule has 1 aliphatic carbocycles. The normalized spacial score (nSPS) is 15.9. The van der Waals surface area contributed by atoms with E-state index in [4.69, 9.17) is 4.42 Å². The van der Waals surface area contributed by atoms with E-state index in [0.29, 0.717) is 18.0 Å². The second-order valence-corrected chi connectivity index (χ2v) is 4.15. The molecule has 1 aromatic heterocycles. The van der Waals surface area contributed by atoms with Gasteiger partial charge in [0.05, 0.1) is 6.26 Å². The molecule has 2 aromatic rings. The SMILES string of the molecule is Fc1ccc2c(CNC3CC3)coc2c1F. The summed E-state index contributed by atoms with van der Waals surface area (Å²) in [6.07, 6.45) is 3.88. The molecule has 1 aromatic carbocycles. The van der Waals surface area contributed by atoms with Crippen LogP contribution in [0.1, 0.15) is 18.4 Å². The zero-order valence-corrected chi connectivity index (χ0v) is 8.59. The number of halogens is 2. The molecular formula is C12H11F2NO. The third-order valence-electron chi connectivity index (χ3n) is 2.87. The van der Waals surface area contributed by atoms with Gasteiger partial charge in [-0.2, -0.15) is 4.39 Å². The van der Waals surface area contributed by atoms with Crippen LogP contribution in [0.15, 0.2) is 22.8 Å². The summed E-state index contributed by atoms with van der Waals surface area (Å²) in [6, 6.07) is 3.27. The van der Waals surface area contributed by atoms with Crippen molar-refractivity contribution in [1.29, 1.82) is 0 Å². The van der Waals surface area contributed by atoms with Crippen molar-refractivity contribution < 1.29 is 13.2 Å². The van der Waals surface area contributed by atoms with E-state index >= 15 is 0 Å². The van der Waals surface area contributed by atoms with Gasteiger partial charge in [-0.25, -0.2) is 4.39 Å². The molecule has 1 heterocycles. The maximum absolute atomic E-state index is 13.3. The predicted molar refractivity (Wildman–Crippen MR) is 56.0 cm³/mol. The highest BCUT2D eigenvalue weighted by atomic mass is 19.2. The number of nitrogens with one attached hydrogen (secondary N) is 1. The van der Waals surface area contributed by atoms with Crippen LogP contribution < -0.4 is 5.32 Å². The first-order valence-electron chi connectivity index (χ1n) is 5.33. The maximum atomic E-state index is 13.3. The van der Waals surface area contributed by atoms with E-state index in [9.17, 15) is 8.78 Å². The Bertz CT molecular complexity index is 531. The Morgan fingerprint density at radius 2 is 2.12 bits per heavy atom. The minimum Gasteiger partial charge on any atom is -0.461 e. The molecule has 0 amide bonds.